The molecule has 4 rings (SSSR count). The van der Waals surface area contributed by atoms with Gasteiger partial charge in [-0.15, -0.1) is 0 Å². The van der Waals surface area contributed by atoms with Crippen molar-refractivity contribution in [3.05, 3.63) is 80.0 Å². The molecule has 2 aromatic carbocycles. The molecule has 1 amide bonds. The third-order valence-corrected chi connectivity index (χ3v) is 5.76. The molecule has 1 atom stereocenters. The van der Waals surface area contributed by atoms with Gasteiger partial charge < -0.3 is 0 Å². The highest BCUT2D eigenvalue weighted by Gasteiger charge is 2.38. The van der Waals surface area contributed by atoms with Gasteiger partial charge in [0.05, 0.1) is 10.6 Å². The van der Waals surface area contributed by atoms with Crippen molar-refractivity contribution in [2.45, 2.75) is 12.3 Å². The highest BCUT2D eigenvalue weighted by molar-refractivity contribution is 7.10. The Bertz CT molecular complexity index is 1110. The first kappa shape index (κ1) is 17.5. The Morgan fingerprint density at radius 1 is 1.00 bits per heavy atom. The lowest BCUT2D eigenvalue weighted by molar-refractivity contribution is -0.118. The minimum absolute atomic E-state index is 0.141. The topological polar surface area (TPSA) is 42.3 Å². The second kappa shape index (κ2) is 6.38. The highest BCUT2D eigenvalue weighted by atomic mass is 32.1. The van der Waals surface area contributed by atoms with Crippen LogP contribution in [0.3, 0.4) is 0 Å². The van der Waals surface area contributed by atoms with Gasteiger partial charge in [0.25, 0.3) is 0 Å². The van der Waals surface area contributed by atoms with Crippen molar-refractivity contribution in [2.75, 3.05) is 4.90 Å². The van der Waals surface area contributed by atoms with E-state index in [0.29, 0.717) is 16.4 Å². The summed E-state index contributed by atoms with van der Waals surface area (Å²) in [7, 11) is 1.52. The summed E-state index contributed by atoms with van der Waals surface area (Å²) in [4.78, 5) is 26.7. The quantitative estimate of drug-likeness (QED) is 0.619. The van der Waals surface area contributed by atoms with E-state index in [1.54, 1.807) is 30.3 Å². The smallest absolute Gasteiger partial charge is 0.288 e. The highest BCUT2D eigenvalue weighted by Crippen LogP contribution is 2.45. The number of halogens is 3. The van der Waals surface area contributed by atoms with E-state index in [4.69, 9.17) is 0 Å². The third-order valence-electron chi connectivity index (χ3n) is 4.62. The summed E-state index contributed by atoms with van der Waals surface area (Å²) in [5, 5.41) is 0. The first-order valence-corrected chi connectivity index (χ1v) is 8.93. The Morgan fingerprint density at radius 3 is 2.41 bits per heavy atom. The number of carbonyl (C=O) groups is 1. The molecule has 0 bridgehead atoms. The molecule has 0 saturated carbocycles. The first-order valence-electron chi connectivity index (χ1n) is 8.11. The molecule has 1 aliphatic rings. The first-order chi connectivity index (χ1) is 12.9. The number of rotatable bonds is 2. The number of hydrogen-bond acceptors (Lipinski definition) is 3. The largest absolute Gasteiger partial charge is 0.308 e. The molecule has 0 radical (unpaired) electrons. The normalized spacial score (nSPS) is 16.5. The van der Waals surface area contributed by atoms with E-state index in [-0.39, 0.29) is 22.8 Å². The molecule has 0 aliphatic carbocycles. The minimum Gasteiger partial charge on any atom is -0.288 e. The SMILES string of the molecule is Cn1c2c(sc1=O)C(c1ccc(F)c(F)c1F)CC(=O)N2c1ccccc1. The van der Waals surface area contributed by atoms with E-state index in [1.165, 1.54) is 16.5 Å². The van der Waals surface area contributed by atoms with Crippen LogP contribution >= 0.6 is 11.3 Å². The van der Waals surface area contributed by atoms with Gasteiger partial charge in [-0.05, 0) is 18.2 Å². The number of thiazole rings is 1. The predicted molar refractivity (Wildman–Crippen MR) is 95.9 cm³/mol. The van der Waals surface area contributed by atoms with Crippen LogP contribution in [0.4, 0.5) is 24.7 Å². The van der Waals surface area contributed by atoms with Crippen molar-refractivity contribution < 1.29 is 18.0 Å². The zero-order valence-corrected chi connectivity index (χ0v) is 14.9. The number of para-hydroxylation sites is 1. The van der Waals surface area contributed by atoms with Gasteiger partial charge >= 0.3 is 4.87 Å². The third kappa shape index (κ3) is 2.68. The van der Waals surface area contributed by atoms with Gasteiger partial charge in [-0.3, -0.25) is 19.1 Å². The number of benzene rings is 2. The summed E-state index contributed by atoms with van der Waals surface area (Å²) in [6.45, 7) is 0. The Balaban J connectivity index is 1.93. The maximum absolute atomic E-state index is 14.4. The van der Waals surface area contributed by atoms with Gasteiger partial charge in [-0.2, -0.15) is 0 Å². The fourth-order valence-electron chi connectivity index (χ4n) is 3.33. The lowest BCUT2D eigenvalue weighted by Gasteiger charge is -2.32. The molecule has 3 aromatic rings. The number of aromatic nitrogens is 1. The number of nitrogens with zero attached hydrogens (tertiary/aromatic N) is 2. The summed E-state index contributed by atoms with van der Waals surface area (Å²) in [5.74, 6) is -5.13. The molecular formula is C19H13F3N2O2S. The predicted octanol–water partition coefficient (Wildman–Crippen LogP) is 4.06. The van der Waals surface area contributed by atoms with Crippen LogP contribution in [-0.2, 0) is 11.8 Å². The molecule has 0 saturated heterocycles. The molecule has 1 unspecified atom stereocenters. The van der Waals surface area contributed by atoms with Crippen molar-refractivity contribution in [1.82, 2.24) is 4.57 Å². The standard InChI is InChI=1S/C19H13F3N2O2S/c1-23-18-17(27-19(23)26)12(11-7-8-13(20)16(22)15(11)21)9-14(25)24(18)10-5-3-2-4-6-10/h2-8,12H,9H2,1H3. The average Bonchev–Trinajstić information content (AvgIpc) is 2.95. The summed E-state index contributed by atoms with van der Waals surface area (Å²) in [6, 6.07) is 10.7. The van der Waals surface area contributed by atoms with Crippen LogP contribution in [0.5, 0.6) is 0 Å². The van der Waals surface area contributed by atoms with E-state index in [1.807, 2.05) is 0 Å². The van der Waals surface area contributed by atoms with E-state index in [2.05, 4.69) is 0 Å². The maximum atomic E-state index is 14.4. The Hall–Kier alpha value is -2.87. The molecular weight excluding hydrogens is 377 g/mol. The van der Waals surface area contributed by atoms with Crippen LogP contribution in [0, 0.1) is 17.5 Å². The van der Waals surface area contributed by atoms with Gasteiger partial charge in [0.1, 0.15) is 5.82 Å². The molecule has 1 aliphatic heterocycles. The second-order valence-electron chi connectivity index (χ2n) is 6.20. The summed E-state index contributed by atoms with van der Waals surface area (Å²) in [6.07, 6.45) is -0.163. The number of fused-ring (bicyclic) bond motifs is 1. The fourth-order valence-corrected chi connectivity index (χ4v) is 4.41. The van der Waals surface area contributed by atoms with Crippen molar-refractivity contribution in [3.63, 3.8) is 0 Å². The maximum Gasteiger partial charge on any atom is 0.308 e. The minimum atomic E-state index is -1.59. The Kier molecular flexibility index (Phi) is 4.15. The van der Waals surface area contributed by atoms with E-state index in [0.717, 1.165) is 23.5 Å². The van der Waals surface area contributed by atoms with E-state index < -0.39 is 23.4 Å². The monoisotopic (exact) mass is 390 g/mol. The fraction of sp³-hybridized carbons (Fsp3) is 0.158. The number of anilines is 2. The Morgan fingerprint density at radius 2 is 1.70 bits per heavy atom. The van der Waals surface area contributed by atoms with E-state index >= 15 is 0 Å². The van der Waals surface area contributed by atoms with Crippen LogP contribution in [0.15, 0.2) is 47.3 Å². The van der Waals surface area contributed by atoms with Gasteiger partial charge in [-0.25, -0.2) is 13.2 Å². The Labute approximate surface area is 156 Å². The number of carbonyl (C=O) groups excluding carboxylic acids is 1. The van der Waals surface area contributed by atoms with Gasteiger partial charge in [0.2, 0.25) is 5.91 Å². The summed E-state index contributed by atoms with van der Waals surface area (Å²) >= 11 is 0.870. The zero-order valence-electron chi connectivity index (χ0n) is 14.1. The van der Waals surface area contributed by atoms with Crippen LogP contribution < -0.4 is 9.77 Å². The molecule has 0 spiro atoms. The van der Waals surface area contributed by atoms with Crippen molar-refractivity contribution in [1.29, 1.82) is 0 Å². The van der Waals surface area contributed by atoms with Crippen molar-refractivity contribution >= 4 is 28.7 Å². The molecule has 4 nitrogen and oxygen atoms in total. The van der Waals surface area contributed by atoms with Crippen LogP contribution in [0.1, 0.15) is 22.8 Å². The molecule has 0 fully saturated rings. The molecule has 1 aromatic heterocycles. The summed E-state index contributed by atoms with van der Waals surface area (Å²) < 4.78 is 42.7. The van der Waals surface area contributed by atoms with Gasteiger partial charge in [-0.1, -0.05) is 35.6 Å². The average molecular weight is 390 g/mol. The van der Waals surface area contributed by atoms with Crippen molar-refractivity contribution in [2.24, 2.45) is 7.05 Å². The van der Waals surface area contributed by atoms with Gasteiger partial charge in [0, 0.05) is 24.9 Å². The molecule has 138 valence electrons. The van der Waals surface area contributed by atoms with Crippen LogP contribution in [0.2, 0.25) is 0 Å². The second-order valence-corrected chi connectivity index (χ2v) is 7.19. The lowest BCUT2D eigenvalue weighted by Crippen LogP contribution is -2.34. The number of hydrogen-bond donors (Lipinski definition) is 0. The number of amides is 1. The van der Waals surface area contributed by atoms with Gasteiger partial charge in [0.15, 0.2) is 17.5 Å². The summed E-state index contributed by atoms with van der Waals surface area (Å²) in [5.41, 5.74) is 0.430. The van der Waals surface area contributed by atoms with Crippen LogP contribution in [0.25, 0.3) is 0 Å². The zero-order chi connectivity index (χ0) is 19.3. The van der Waals surface area contributed by atoms with Crippen LogP contribution in [-0.4, -0.2) is 10.5 Å². The molecule has 2 heterocycles. The lowest BCUT2D eigenvalue weighted by atomic mass is 9.90. The molecule has 0 N–H and O–H groups in total. The molecule has 27 heavy (non-hydrogen) atoms. The molecule has 8 heteroatoms. The van der Waals surface area contributed by atoms with Crippen molar-refractivity contribution in [3.8, 4) is 0 Å². The van der Waals surface area contributed by atoms with E-state index in [9.17, 15) is 22.8 Å².